The number of nitrogen functional groups attached to an aromatic ring is 1. The van der Waals surface area contributed by atoms with Crippen LogP contribution in [-0.4, -0.2) is 40.8 Å². The van der Waals surface area contributed by atoms with Crippen LogP contribution in [0.1, 0.15) is 12.8 Å². The number of thioether (sulfide) groups is 1. The molecule has 0 bridgehead atoms. The fraction of sp³-hybridized carbons (Fsp3) is 0.667. The molecule has 0 spiro atoms. The molecule has 20 heavy (non-hydrogen) atoms. The molecular formula is C12H20N4O3S. The molecule has 0 unspecified atom stereocenters. The number of hydrogen-bond acceptors (Lipinski definition) is 6. The van der Waals surface area contributed by atoms with Crippen molar-refractivity contribution in [3.63, 3.8) is 0 Å². The summed E-state index contributed by atoms with van der Waals surface area (Å²) in [5, 5.41) is 3.18. The molecule has 112 valence electrons. The lowest BCUT2D eigenvalue weighted by Crippen LogP contribution is -2.37. The van der Waals surface area contributed by atoms with E-state index in [9.17, 15) is 9.59 Å². The molecule has 0 saturated carbocycles. The van der Waals surface area contributed by atoms with Gasteiger partial charge in [-0.1, -0.05) is 0 Å². The Balaban J connectivity index is 2.26. The second-order valence-corrected chi connectivity index (χ2v) is 5.92. The highest BCUT2D eigenvalue weighted by Crippen LogP contribution is 2.21. The van der Waals surface area contributed by atoms with E-state index in [-0.39, 0.29) is 17.5 Å². The zero-order valence-electron chi connectivity index (χ0n) is 11.5. The summed E-state index contributed by atoms with van der Waals surface area (Å²) in [7, 11) is 1.55. The van der Waals surface area contributed by atoms with Crippen molar-refractivity contribution in [1.29, 1.82) is 0 Å². The van der Waals surface area contributed by atoms with Crippen molar-refractivity contribution in [1.82, 2.24) is 9.55 Å². The molecule has 0 radical (unpaired) electrons. The van der Waals surface area contributed by atoms with Crippen molar-refractivity contribution < 1.29 is 4.74 Å². The summed E-state index contributed by atoms with van der Waals surface area (Å²) >= 11 is 1.91. The summed E-state index contributed by atoms with van der Waals surface area (Å²) in [6.07, 6.45) is 1.97. The van der Waals surface area contributed by atoms with Crippen molar-refractivity contribution in [3.05, 3.63) is 20.8 Å². The molecular weight excluding hydrogens is 280 g/mol. The van der Waals surface area contributed by atoms with Crippen LogP contribution in [0.5, 0.6) is 0 Å². The normalized spacial score (nSPS) is 16.2. The van der Waals surface area contributed by atoms with Gasteiger partial charge in [-0.15, -0.1) is 0 Å². The van der Waals surface area contributed by atoms with E-state index in [0.29, 0.717) is 13.2 Å². The third-order valence-electron chi connectivity index (χ3n) is 3.33. The Labute approximate surface area is 120 Å². The predicted octanol–water partition coefficient (Wildman–Crippen LogP) is 0.0727. The molecule has 4 N–H and O–H groups in total. The third kappa shape index (κ3) is 3.37. The number of aromatic amines is 1. The Morgan fingerprint density at radius 2 is 2.15 bits per heavy atom. The van der Waals surface area contributed by atoms with E-state index in [4.69, 9.17) is 10.5 Å². The van der Waals surface area contributed by atoms with Gasteiger partial charge in [0.15, 0.2) is 0 Å². The number of rotatable bonds is 5. The highest BCUT2D eigenvalue weighted by Gasteiger charge is 2.18. The summed E-state index contributed by atoms with van der Waals surface area (Å²) < 4.78 is 6.27. The number of hydrogen-bond donors (Lipinski definition) is 3. The molecule has 2 rings (SSSR count). The molecule has 0 aromatic carbocycles. The number of nitrogens with zero attached hydrogens (tertiary/aromatic N) is 1. The lowest BCUT2D eigenvalue weighted by atomic mass is 10.1. The van der Waals surface area contributed by atoms with Crippen molar-refractivity contribution in [2.24, 2.45) is 0 Å². The minimum atomic E-state index is -0.505. The smallest absolute Gasteiger partial charge is 0.330 e. The van der Waals surface area contributed by atoms with E-state index in [1.54, 1.807) is 7.11 Å². The number of aromatic nitrogens is 2. The Bertz CT molecular complexity index is 563. The van der Waals surface area contributed by atoms with Gasteiger partial charge in [-0.2, -0.15) is 11.8 Å². The topological polar surface area (TPSA) is 102 Å². The monoisotopic (exact) mass is 300 g/mol. The molecule has 1 aliphatic rings. The minimum Gasteiger partial charge on any atom is -0.383 e. The number of methoxy groups -OCH3 is 1. The molecule has 0 amide bonds. The molecule has 7 nitrogen and oxygen atoms in total. The fourth-order valence-corrected chi connectivity index (χ4v) is 3.28. The lowest BCUT2D eigenvalue weighted by Gasteiger charge is -2.24. The highest BCUT2D eigenvalue weighted by atomic mass is 32.2. The number of nitrogens with two attached hydrogens (primary N) is 1. The largest absolute Gasteiger partial charge is 0.383 e. The second kappa shape index (κ2) is 6.85. The first-order valence-corrected chi connectivity index (χ1v) is 7.74. The average molecular weight is 300 g/mol. The molecule has 1 aromatic rings. The quantitative estimate of drug-likeness (QED) is 0.711. The van der Waals surface area contributed by atoms with E-state index >= 15 is 0 Å². The molecule has 1 fully saturated rings. The Morgan fingerprint density at radius 3 is 2.80 bits per heavy atom. The van der Waals surface area contributed by atoms with E-state index < -0.39 is 11.2 Å². The van der Waals surface area contributed by atoms with E-state index in [0.717, 1.165) is 24.3 Å². The van der Waals surface area contributed by atoms with Gasteiger partial charge in [0, 0.05) is 13.2 Å². The maximum Gasteiger partial charge on any atom is 0.330 e. The summed E-state index contributed by atoms with van der Waals surface area (Å²) in [6.45, 7) is 0.669. The first kappa shape index (κ1) is 15.0. The standard InChI is InChI=1S/C12H20N4O3S/c1-19-5-4-16-10(13)9(11(17)15-12(16)18)14-8-2-6-20-7-3-8/h8,14H,2-7,13H2,1H3,(H,15,17,18). The van der Waals surface area contributed by atoms with Gasteiger partial charge in [-0.3, -0.25) is 14.3 Å². The van der Waals surface area contributed by atoms with Gasteiger partial charge in [0.05, 0.1) is 13.2 Å². The molecule has 0 atom stereocenters. The number of nitrogens with one attached hydrogen (secondary N) is 2. The van der Waals surface area contributed by atoms with Crippen LogP contribution in [0.2, 0.25) is 0 Å². The van der Waals surface area contributed by atoms with Gasteiger partial charge in [0.2, 0.25) is 0 Å². The van der Waals surface area contributed by atoms with Crippen LogP contribution in [-0.2, 0) is 11.3 Å². The zero-order chi connectivity index (χ0) is 14.5. The van der Waals surface area contributed by atoms with Gasteiger partial charge in [0.1, 0.15) is 11.5 Å². The predicted molar refractivity (Wildman–Crippen MR) is 81.6 cm³/mol. The summed E-state index contributed by atoms with van der Waals surface area (Å²) in [4.78, 5) is 26.0. The lowest BCUT2D eigenvalue weighted by molar-refractivity contribution is 0.186. The van der Waals surface area contributed by atoms with Crippen LogP contribution < -0.4 is 22.3 Å². The molecule has 2 heterocycles. The molecule has 0 aliphatic carbocycles. The van der Waals surface area contributed by atoms with Crippen LogP contribution in [0.15, 0.2) is 9.59 Å². The van der Waals surface area contributed by atoms with Crippen LogP contribution in [0, 0.1) is 0 Å². The first-order valence-electron chi connectivity index (χ1n) is 6.59. The number of anilines is 2. The van der Waals surface area contributed by atoms with Crippen molar-refractivity contribution in [2.75, 3.05) is 36.3 Å². The van der Waals surface area contributed by atoms with E-state index in [1.807, 2.05) is 11.8 Å². The Morgan fingerprint density at radius 1 is 1.45 bits per heavy atom. The highest BCUT2D eigenvalue weighted by molar-refractivity contribution is 7.99. The summed E-state index contributed by atoms with van der Waals surface area (Å²) in [5.41, 5.74) is 5.29. The molecule has 8 heteroatoms. The van der Waals surface area contributed by atoms with Gasteiger partial charge in [-0.05, 0) is 24.3 Å². The van der Waals surface area contributed by atoms with Gasteiger partial charge >= 0.3 is 5.69 Å². The van der Waals surface area contributed by atoms with Crippen LogP contribution in [0.3, 0.4) is 0 Å². The Hall–Kier alpha value is -1.41. The SMILES string of the molecule is COCCn1c(N)c(NC2CCSCC2)c(=O)[nH]c1=O. The molecule has 1 saturated heterocycles. The van der Waals surface area contributed by atoms with Crippen molar-refractivity contribution in [3.8, 4) is 0 Å². The van der Waals surface area contributed by atoms with Crippen molar-refractivity contribution >= 4 is 23.3 Å². The van der Waals surface area contributed by atoms with Crippen LogP contribution >= 0.6 is 11.8 Å². The van der Waals surface area contributed by atoms with Gasteiger partial charge in [0.25, 0.3) is 5.56 Å². The number of H-pyrrole nitrogens is 1. The van der Waals surface area contributed by atoms with E-state index in [2.05, 4.69) is 10.3 Å². The summed E-state index contributed by atoms with van der Waals surface area (Å²) in [6, 6.07) is 0.230. The minimum absolute atomic E-state index is 0.175. The number of ether oxygens (including phenoxy) is 1. The Kier molecular flexibility index (Phi) is 5.13. The van der Waals surface area contributed by atoms with Crippen LogP contribution in [0.4, 0.5) is 11.5 Å². The third-order valence-corrected chi connectivity index (χ3v) is 4.38. The van der Waals surface area contributed by atoms with Gasteiger partial charge in [-0.25, -0.2) is 4.79 Å². The fourth-order valence-electron chi connectivity index (χ4n) is 2.18. The first-order chi connectivity index (χ1) is 9.63. The second-order valence-electron chi connectivity index (χ2n) is 4.69. The average Bonchev–Trinajstić information content (AvgIpc) is 2.44. The van der Waals surface area contributed by atoms with Crippen molar-refractivity contribution in [2.45, 2.75) is 25.4 Å². The maximum absolute atomic E-state index is 11.9. The van der Waals surface area contributed by atoms with Gasteiger partial charge < -0.3 is 15.8 Å². The molecule has 1 aromatic heterocycles. The molecule has 1 aliphatic heterocycles. The van der Waals surface area contributed by atoms with E-state index in [1.165, 1.54) is 4.57 Å². The zero-order valence-corrected chi connectivity index (χ0v) is 12.3. The summed E-state index contributed by atoms with van der Waals surface area (Å²) in [5.74, 6) is 2.31. The maximum atomic E-state index is 11.9. The van der Waals surface area contributed by atoms with Crippen LogP contribution in [0.25, 0.3) is 0 Å².